The first-order valence-electron chi connectivity index (χ1n) is 11.6. The number of nitrogens with zero attached hydrogens (tertiary/aromatic N) is 1. The Labute approximate surface area is 202 Å². The van der Waals surface area contributed by atoms with Gasteiger partial charge in [0.25, 0.3) is 5.91 Å². The van der Waals surface area contributed by atoms with E-state index in [1.807, 2.05) is 36.4 Å². The first-order chi connectivity index (χ1) is 17.0. The molecule has 5 rings (SSSR count). The normalized spacial score (nSPS) is 15.7. The number of aromatic nitrogens is 1. The molecular formula is C27H25N3O5. The standard InChI is InChI=1S/C27H25N3O5/c31-24(30-27(25(32)33)14-5-6-15-27)22-12-7-13-23(28-22)29-26(34)35-16-21-19-10-3-1-8-17(19)18-9-2-4-11-20(18)21/h1-4,7-13,21H,5-6,14-16H2,(H,30,31)(H,32,33)(H,28,29,34). The number of aliphatic carboxylic acids is 1. The van der Waals surface area contributed by atoms with Gasteiger partial charge in [-0.2, -0.15) is 0 Å². The van der Waals surface area contributed by atoms with Crippen molar-refractivity contribution in [2.75, 3.05) is 11.9 Å². The second-order valence-electron chi connectivity index (χ2n) is 8.91. The fraction of sp³-hybridized carbons (Fsp3) is 0.259. The van der Waals surface area contributed by atoms with Crippen molar-refractivity contribution in [3.05, 3.63) is 83.6 Å². The minimum Gasteiger partial charge on any atom is -0.480 e. The number of nitrogens with one attached hydrogen (secondary N) is 2. The van der Waals surface area contributed by atoms with E-state index in [1.165, 1.54) is 6.07 Å². The van der Waals surface area contributed by atoms with Crippen LogP contribution in [0.3, 0.4) is 0 Å². The summed E-state index contributed by atoms with van der Waals surface area (Å²) in [7, 11) is 0. The first kappa shape index (κ1) is 22.6. The van der Waals surface area contributed by atoms with Crippen molar-refractivity contribution in [3.63, 3.8) is 0 Å². The lowest BCUT2D eigenvalue weighted by Gasteiger charge is -2.25. The fourth-order valence-corrected chi connectivity index (χ4v) is 5.02. The quantitative estimate of drug-likeness (QED) is 0.485. The number of anilines is 1. The molecular weight excluding hydrogens is 446 g/mol. The van der Waals surface area contributed by atoms with Crippen molar-refractivity contribution in [1.82, 2.24) is 10.3 Å². The maximum atomic E-state index is 12.7. The molecule has 1 aromatic heterocycles. The molecule has 1 heterocycles. The van der Waals surface area contributed by atoms with E-state index in [-0.39, 0.29) is 24.0 Å². The van der Waals surface area contributed by atoms with Gasteiger partial charge in [-0.3, -0.25) is 10.1 Å². The van der Waals surface area contributed by atoms with E-state index >= 15 is 0 Å². The number of rotatable bonds is 6. The molecule has 3 N–H and O–H groups in total. The van der Waals surface area contributed by atoms with Gasteiger partial charge >= 0.3 is 12.1 Å². The highest BCUT2D eigenvalue weighted by Gasteiger charge is 2.43. The largest absolute Gasteiger partial charge is 0.480 e. The Morgan fingerprint density at radius 3 is 2.17 bits per heavy atom. The summed E-state index contributed by atoms with van der Waals surface area (Å²) in [4.78, 5) is 41.2. The molecule has 35 heavy (non-hydrogen) atoms. The van der Waals surface area contributed by atoms with E-state index in [0.29, 0.717) is 12.8 Å². The lowest BCUT2D eigenvalue weighted by Crippen LogP contribution is -2.52. The highest BCUT2D eigenvalue weighted by Crippen LogP contribution is 2.44. The molecule has 0 aliphatic heterocycles. The summed E-state index contributed by atoms with van der Waals surface area (Å²) in [6, 6.07) is 20.7. The molecule has 3 aromatic rings. The first-order valence-corrected chi connectivity index (χ1v) is 11.6. The van der Waals surface area contributed by atoms with Crippen LogP contribution < -0.4 is 10.6 Å². The monoisotopic (exact) mass is 471 g/mol. The summed E-state index contributed by atoms with van der Waals surface area (Å²) in [5.74, 6) is -1.57. The second kappa shape index (κ2) is 9.21. The molecule has 0 radical (unpaired) electrons. The molecule has 0 atom stereocenters. The third-order valence-corrected chi connectivity index (χ3v) is 6.77. The zero-order chi connectivity index (χ0) is 24.4. The molecule has 0 saturated heterocycles. The third kappa shape index (κ3) is 4.35. The number of fused-ring (bicyclic) bond motifs is 3. The average Bonchev–Trinajstić information content (AvgIpc) is 3.47. The number of benzene rings is 2. The van der Waals surface area contributed by atoms with Crippen LogP contribution in [0.25, 0.3) is 11.1 Å². The predicted octanol–water partition coefficient (Wildman–Crippen LogP) is 4.57. The van der Waals surface area contributed by atoms with Crippen LogP contribution in [-0.4, -0.2) is 40.2 Å². The van der Waals surface area contributed by atoms with E-state index in [1.54, 1.807) is 12.1 Å². The van der Waals surface area contributed by atoms with Gasteiger partial charge in [0.1, 0.15) is 23.7 Å². The average molecular weight is 472 g/mol. The number of hydrogen-bond donors (Lipinski definition) is 3. The van der Waals surface area contributed by atoms with Crippen LogP contribution >= 0.6 is 0 Å². The van der Waals surface area contributed by atoms with Crippen molar-refractivity contribution in [2.45, 2.75) is 37.1 Å². The number of hydrogen-bond acceptors (Lipinski definition) is 5. The summed E-state index contributed by atoms with van der Waals surface area (Å²) in [6.45, 7) is 0.154. The van der Waals surface area contributed by atoms with Gasteiger partial charge in [0.2, 0.25) is 0 Å². The number of pyridine rings is 1. The van der Waals surface area contributed by atoms with Crippen LogP contribution in [0.5, 0.6) is 0 Å². The Hall–Kier alpha value is -4.20. The Morgan fingerprint density at radius 2 is 1.54 bits per heavy atom. The van der Waals surface area contributed by atoms with Crippen LogP contribution in [-0.2, 0) is 9.53 Å². The maximum absolute atomic E-state index is 12.7. The van der Waals surface area contributed by atoms with Crippen LogP contribution in [0, 0.1) is 0 Å². The molecule has 8 nitrogen and oxygen atoms in total. The molecule has 8 heteroatoms. The highest BCUT2D eigenvalue weighted by atomic mass is 16.5. The number of carbonyl (C=O) groups is 3. The molecule has 2 aliphatic rings. The van der Waals surface area contributed by atoms with Gasteiger partial charge in [-0.15, -0.1) is 0 Å². The number of carboxylic acid groups (broad SMARTS) is 1. The number of carbonyl (C=O) groups excluding carboxylic acids is 2. The van der Waals surface area contributed by atoms with Gasteiger partial charge in [-0.05, 0) is 47.2 Å². The molecule has 2 aromatic carbocycles. The van der Waals surface area contributed by atoms with Crippen molar-refractivity contribution in [1.29, 1.82) is 0 Å². The summed E-state index contributed by atoms with van der Waals surface area (Å²) in [5.41, 5.74) is 3.25. The van der Waals surface area contributed by atoms with Gasteiger partial charge in [-0.25, -0.2) is 14.6 Å². The zero-order valence-electron chi connectivity index (χ0n) is 19.0. The number of ether oxygens (including phenoxy) is 1. The molecule has 1 fully saturated rings. The number of carboxylic acids is 1. The van der Waals surface area contributed by atoms with E-state index in [2.05, 4.69) is 27.8 Å². The molecule has 2 amide bonds. The van der Waals surface area contributed by atoms with Crippen LogP contribution in [0.1, 0.15) is 53.2 Å². The summed E-state index contributed by atoms with van der Waals surface area (Å²) in [5, 5.41) is 14.8. The Bertz CT molecular complexity index is 1250. The fourth-order valence-electron chi connectivity index (χ4n) is 5.02. The Kier molecular flexibility index (Phi) is 5.94. The topological polar surface area (TPSA) is 118 Å². The molecule has 2 aliphatic carbocycles. The smallest absolute Gasteiger partial charge is 0.412 e. The lowest BCUT2D eigenvalue weighted by atomic mass is 9.97. The maximum Gasteiger partial charge on any atom is 0.412 e. The van der Waals surface area contributed by atoms with Gasteiger partial charge in [-0.1, -0.05) is 67.4 Å². The van der Waals surface area contributed by atoms with E-state index in [4.69, 9.17) is 4.74 Å². The van der Waals surface area contributed by atoms with E-state index in [0.717, 1.165) is 35.1 Å². The molecule has 1 saturated carbocycles. The van der Waals surface area contributed by atoms with E-state index < -0.39 is 23.5 Å². The summed E-state index contributed by atoms with van der Waals surface area (Å²) >= 11 is 0. The van der Waals surface area contributed by atoms with Gasteiger partial charge in [0.15, 0.2) is 0 Å². The Morgan fingerprint density at radius 1 is 0.914 bits per heavy atom. The van der Waals surface area contributed by atoms with Crippen LogP contribution in [0.2, 0.25) is 0 Å². The minimum absolute atomic E-state index is 0.0222. The van der Waals surface area contributed by atoms with Crippen LogP contribution in [0.4, 0.5) is 10.6 Å². The summed E-state index contributed by atoms with van der Waals surface area (Å²) in [6.07, 6.45) is 1.55. The van der Waals surface area contributed by atoms with Crippen molar-refractivity contribution in [2.24, 2.45) is 0 Å². The number of amides is 2. The SMILES string of the molecule is O=C(Nc1cccc(C(=O)NC2(C(=O)O)CCCC2)n1)OCC1c2ccccc2-c2ccccc21. The lowest BCUT2D eigenvalue weighted by molar-refractivity contribution is -0.144. The van der Waals surface area contributed by atoms with Gasteiger partial charge in [0.05, 0.1) is 0 Å². The van der Waals surface area contributed by atoms with Crippen molar-refractivity contribution in [3.8, 4) is 11.1 Å². The van der Waals surface area contributed by atoms with Crippen molar-refractivity contribution < 1.29 is 24.2 Å². The molecule has 0 unspecified atom stereocenters. The van der Waals surface area contributed by atoms with Crippen LogP contribution in [0.15, 0.2) is 66.7 Å². The van der Waals surface area contributed by atoms with Crippen molar-refractivity contribution >= 4 is 23.8 Å². The minimum atomic E-state index is -1.27. The predicted molar refractivity (Wildman–Crippen MR) is 129 cm³/mol. The van der Waals surface area contributed by atoms with Gasteiger partial charge in [0, 0.05) is 5.92 Å². The molecule has 0 bridgehead atoms. The van der Waals surface area contributed by atoms with E-state index in [9.17, 15) is 19.5 Å². The molecule has 178 valence electrons. The highest BCUT2D eigenvalue weighted by molar-refractivity contribution is 5.97. The third-order valence-electron chi connectivity index (χ3n) is 6.77. The zero-order valence-corrected chi connectivity index (χ0v) is 19.0. The Balaban J connectivity index is 1.24. The second-order valence-corrected chi connectivity index (χ2v) is 8.91. The van der Waals surface area contributed by atoms with Gasteiger partial charge < -0.3 is 15.2 Å². The molecule has 0 spiro atoms. The summed E-state index contributed by atoms with van der Waals surface area (Å²) < 4.78 is 5.53.